The molecule has 140 valence electrons. The van der Waals surface area contributed by atoms with E-state index in [4.69, 9.17) is 4.74 Å². The average Bonchev–Trinajstić information content (AvgIpc) is 2.64. The fourth-order valence-electron chi connectivity index (χ4n) is 3.42. The Hall–Kier alpha value is -1.89. The first-order valence-electron chi connectivity index (χ1n) is 8.85. The van der Waals surface area contributed by atoms with Gasteiger partial charge in [0.1, 0.15) is 0 Å². The van der Waals surface area contributed by atoms with Crippen LogP contribution in [0.1, 0.15) is 29.2 Å². The van der Waals surface area contributed by atoms with E-state index in [-0.39, 0.29) is 6.04 Å². The van der Waals surface area contributed by atoms with E-state index in [9.17, 15) is 8.42 Å². The van der Waals surface area contributed by atoms with Crippen molar-refractivity contribution in [1.82, 2.24) is 5.32 Å². The van der Waals surface area contributed by atoms with E-state index in [1.54, 1.807) is 20.2 Å². The van der Waals surface area contributed by atoms with Crippen molar-refractivity contribution in [3.05, 3.63) is 59.2 Å². The third-order valence-electron chi connectivity index (χ3n) is 4.85. The molecule has 0 amide bonds. The standard InChI is InChI=1S/C20H26N2O3S/c1-15-9-10-16-14-18(21-11-6-12-25-3)17-7-4-5-8-19(17)22(2)26(23,24)20(16)13-15/h4-5,7-10,13,18,21H,6,11-12,14H2,1-3H3. The lowest BCUT2D eigenvalue weighted by Crippen LogP contribution is -2.34. The van der Waals surface area contributed by atoms with Crippen molar-refractivity contribution in [2.24, 2.45) is 0 Å². The Morgan fingerprint density at radius 3 is 2.77 bits per heavy atom. The molecule has 3 rings (SSSR count). The number of aryl methyl sites for hydroxylation is 1. The molecule has 0 aromatic heterocycles. The maximum Gasteiger partial charge on any atom is 0.264 e. The van der Waals surface area contributed by atoms with Crippen molar-refractivity contribution < 1.29 is 13.2 Å². The lowest BCUT2D eigenvalue weighted by atomic mass is 9.96. The number of sulfonamides is 1. The first kappa shape index (κ1) is 18.9. The molecule has 0 bridgehead atoms. The van der Waals surface area contributed by atoms with Crippen LogP contribution in [-0.4, -0.2) is 35.7 Å². The van der Waals surface area contributed by atoms with Crippen LogP contribution in [0.15, 0.2) is 47.4 Å². The average molecular weight is 375 g/mol. The van der Waals surface area contributed by atoms with Crippen LogP contribution in [0.25, 0.3) is 0 Å². The Kier molecular flexibility index (Phi) is 5.65. The molecule has 0 radical (unpaired) electrons. The van der Waals surface area contributed by atoms with E-state index in [1.165, 1.54) is 4.31 Å². The van der Waals surface area contributed by atoms with E-state index in [2.05, 4.69) is 5.32 Å². The van der Waals surface area contributed by atoms with E-state index >= 15 is 0 Å². The van der Waals surface area contributed by atoms with Crippen LogP contribution < -0.4 is 9.62 Å². The summed E-state index contributed by atoms with van der Waals surface area (Å²) >= 11 is 0. The van der Waals surface area contributed by atoms with Crippen LogP contribution in [-0.2, 0) is 21.2 Å². The minimum Gasteiger partial charge on any atom is -0.385 e. The van der Waals surface area contributed by atoms with Gasteiger partial charge in [-0.3, -0.25) is 4.31 Å². The van der Waals surface area contributed by atoms with Crippen LogP contribution in [0, 0.1) is 6.92 Å². The molecule has 0 spiro atoms. The Morgan fingerprint density at radius 2 is 2.00 bits per heavy atom. The molecule has 0 fully saturated rings. The van der Waals surface area contributed by atoms with Crippen LogP contribution in [0.2, 0.25) is 0 Å². The molecule has 0 aliphatic carbocycles. The lowest BCUT2D eigenvalue weighted by molar-refractivity contribution is 0.193. The van der Waals surface area contributed by atoms with Gasteiger partial charge < -0.3 is 10.1 Å². The summed E-state index contributed by atoms with van der Waals surface area (Å²) in [6.45, 7) is 3.43. The number of fused-ring (bicyclic) bond motifs is 2. The summed E-state index contributed by atoms with van der Waals surface area (Å²) in [4.78, 5) is 0.401. The maximum absolute atomic E-state index is 13.2. The molecule has 1 aliphatic rings. The highest BCUT2D eigenvalue weighted by molar-refractivity contribution is 7.92. The summed E-state index contributed by atoms with van der Waals surface area (Å²) in [7, 11) is -0.253. The number of nitrogens with zero attached hydrogens (tertiary/aromatic N) is 1. The van der Waals surface area contributed by atoms with Crippen LogP contribution in [0.4, 0.5) is 5.69 Å². The molecule has 2 aromatic carbocycles. The molecular formula is C20H26N2O3S. The molecule has 1 atom stereocenters. The van der Waals surface area contributed by atoms with Gasteiger partial charge in [0, 0.05) is 26.8 Å². The molecule has 2 aromatic rings. The molecule has 26 heavy (non-hydrogen) atoms. The first-order valence-corrected chi connectivity index (χ1v) is 10.3. The highest BCUT2D eigenvalue weighted by Crippen LogP contribution is 2.36. The summed E-state index contributed by atoms with van der Waals surface area (Å²) in [6.07, 6.45) is 1.54. The van der Waals surface area contributed by atoms with Gasteiger partial charge in [-0.25, -0.2) is 8.42 Å². The molecule has 6 heteroatoms. The van der Waals surface area contributed by atoms with Gasteiger partial charge in [-0.2, -0.15) is 0 Å². The predicted octanol–water partition coefficient (Wildman–Crippen LogP) is 3.04. The fourth-order valence-corrected chi connectivity index (χ4v) is 4.96. The number of benzene rings is 2. The molecule has 1 N–H and O–H groups in total. The zero-order valence-electron chi connectivity index (χ0n) is 15.5. The third kappa shape index (κ3) is 3.63. The normalized spacial score (nSPS) is 18.6. The molecule has 1 aliphatic heterocycles. The summed E-state index contributed by atoms with van der Waals surface area (Å²) in [5, 5.41) is 3.58. The van der Waals surface area contributed by atoms with E-state index < -0.39 is 10.0 Å². The van der Waals surface area contributed by atoms with Crippen LogP contribution >= 0.6 is 0 Å². The molecule has 5 nitrogen and oxygen atoms in total. The van der Waals surface area contributed by atoms with Crippen molar-refractivity contribution in [2.75, 3.05) is 31.6 Å². The maximum atomic E-state index is 13.2. The van der Waals surface area contributed by atoms with E-state index in [0.29, 0.717) is 17.9 Å². The topological polar surface area (TPSA) is 58.6 Å². The zero-order chi connectivity index (χ0) is 18.7. The Balaban J connectivity index is 2.07. The number of anilines is 1. The van der Waals surface area contributed by atoms with Crippen molar-refractivity contribution in [2.45, 2.75) is 30.7 Å². The minimum absolute atomic E-state index is 0.0439. The van der Waals surface area contributed by atoms with Gasteiger partial charge in [-0.05, 0) is 55.1 Å². The van der Waals surface area contributed by atoms with Gasteiger partial charge in [0.2, 0.25) is 0 Å². The summed E-state index contributed by atoms with van der Waals surface area (Å²) in [5.74, 6) is 0. The number of para-hydroxylation sites is 1. The Morgan fingerprint density at radius 1 is 1.23 bits per heavy atom. The number of hydrogen-bond acceptors (Lipinski definition) is 4. The first-order chi connectivity index (χ1) is 12.4. The second kappa shape index (κ2) is 7.78. The van der Waals surface area contributed by atoms with Gasteiger partial charge in [-0.1, -0.05) is 30.3 Å². The largest absolute Gasteiger partial charge is 0.385 e. The van der Waals surface area contributed by atoms with E-state index in [0.717, 1.165) is 35.3 Å². The van der Waals surface area contributed by atoms with Crippen LogP contribution in [0.3, 0.4) is 0 Å². The second-order valence-corrected chi connectivity index (χ2v) is 8.64. The van der Waals surface area contributed by atoms with E-state index in [1.807, 2.05) is 43.3 Å². The van der Waals surface area contributed by atoms with Gasteiger partial charge >= 0.3 is 0 Å². The quantitative estimate of drug-likeness (QED) is 0.818. The van der Waals surface area contributed by atoms with Crippen molar-refractivity contribution in [1.29, 1.82) is 0 Å². The van der Waals surface area contributed by atoms with Gasteiger partial charge in [-0.15, -0.1) is 0 Å². The smallest absolute Gasteiger partial charge is 0.264 e. The molecular weight excluding hydrogens is 348 g/mol. The Bertz CT molecular complexity index is 880. The predicted molar refractivity (Wildman–Crippen MR) is 104 cm³/mol. The molecule has 1 unspecified atom stereocenters. The van der Waals surface area contributed by atoms with Crippen molar-refractivity contribution in [3.63, 3.8) is 0 Å². The molecule has 0 saturated heterocycles. The lowest BCUT2D eigenvalue weighted by Gasteiger charge is -2.31. The fraction of sp³-hybridized carbons (Fsp3) is 0.400. The van der Waals surface area contributed by atoms with Gasteiger partial charge in [0.25, 0.3) is 10.0 Å². The molecule has 0 saturated carbocycles. The molecule has 1 heterocycles. The van der Waals surface area contributed by atoms with Crippen LogP contribution in [0.5, 0.6) is 0 Å². The highest BCUT2D eigenvalue weighted by Gasteiger charge is 2.31. The minimum atomic E-state index is -3.58. The number of ether oxygens (including phenoxy) is 1. The Labute approximate surface area is 156 Å². The van der Waals surface area contributed by atoms with Crippen molar-refractivity contribution >= 4 is 15.7 Å². The van der Waals surface area contributed by atoms with Gasteiger partial charge in [0.15, 0.2) is 0 Å². The summed E-state index contributed by atoms with van der Waals surface area (Å²) < 4.78 is 32.9. The van der Waals surface area contributed by atoms with Gasteiger partial charge in [0.05, 0.1) is 10.6 Å². The van der Waals surface area contributed by atoms with Crippen molar-refractivity contribution in [3.8, 4) is 0 Å². The number of methoxy groups -OCH3 is 1. The number of hydrogen-bond donors (Lipinski definition) is 1. The SMILES string of the molecule is COCCCNC1Cc2ccc(C)cc2S(=O)(=O)N(C)c2ccccc21. The summed E-state index contributed by atoms with van der Waals surface area (Å²) in [5.41, 5.74) is 3.52. The monoisotopic (exact) mass is 374 g/mol. The number of rotatable bonds is 5. The third-order valence-corrected chi connectivity index (χ3v) is 6.71. The number of nitrogens with one attached hydrogen (secondary N) is 1. The second-order valence-electron chi connectivity index (χ2n) is 6.70. The zero-order valence-corrected chi connectivity index (χ0v) is 16.3. The summed E-state index contributed by atoms with van der Waals surface area (Å²) in [6, 6.07) is 13.5. The highest BCUT2D eigenvalue weighted by atomic mass is 32.2.